The third-order valence-electron chi connectivity index (χ3n) is 5.64. The van der Waals surface area contributed by atoms with E-state index in [0.29, 0.717) is 28.7 Å². The Kier molecular flexibility index (Phi) is 4.50. The van der Waals surface area contributed by atoms with Crippen LogP contribution in [0.1, 0.15) is 23.2 Å². The Bertz CT molecular complexity index is 932. The van der Waals surface area contributed by atoms with E-state index in [1.54, 1.807) is 18.2 Å². The second-order valence-corrected chi connectivity index (χ2v) is 7.66. The highest BCUT2D eigenvalue weighted by Gasteiger charge is 2.34. The predicted molar refractivity (Wildman–Crippen MR) is 108 cm³/mol. The summed E-state index contributed by atoms with van der Waals surface area (Å²) in [6, 6.07) is 12.9. The molecule has 1 saturated carbocycles. The SMILES string of the molecule is O=C(Nc1ccc2c(c1)OCO2)c1ccc(N2CCN(C(=O)C3CC3)CC2)cc1. The molecule has 2 amide bonds. The Morgan fingerprint density at radius 3 is 2.34 bits per heavy atom. The van der Waals surface area contributed by atoms with Gasteiger partial charge in [-0.1, -0.05) is 0 Å². The fraction of sp³-hybridized carbons (Fsp3) is 0.364. The summed E-state index contributed by atoms with van der Waals surface area (Å²) >= 11 is 0. The number of hydrogen-bond donors (Lipinski definition) is 1. The molecule has 2 fully saturated rings. The van der Waals surface area contributed by atoms with Gasteiger partial charge in [0.15, 0.2) is 11.5 Å². The van der Waals surface area contributed by atoms with Crippen LogP contribution in [-0.4, -0.2) is 49.7 Å². The van der Waals surface area contributed by atoms with Crippen LogP contribution < -0.4 is 19.7 Å². The van der Waals surface area contributed by atoms with Crippen LogP contribution in [0.25, 0.3) is 0 Å². The molecule has 5 rings (SSSR count). The molecular weight excluding hydrogens is 370 g/mol. The summed E-state index contributed by atoms with van der Waals surface area (Å²) in [6.45, 7) is 3.38. The molecule has 7 heteroatoms. The number of piperazine rings is 1. The van der Waals surface area contributed by atoms with E-state index >= 15 is 0 Å². The van der Waals surface area contributed by atoms with Gasteiger partial charge >= 0.3 is 0 Å². The van der Waals surface area contributed by atoms with Crippen molar-refractivity contribution in [1.29, 1.82) is 0 Å². The first kappa shape index (κ1) is 17.8. The average Bonchev–Trinajstić information content (AvgIpc) is 3.51. The summed E-state index contributed by atoms with van der Waals surface area (Å²) in [5.41, 5.74) is 2.33. The fourth-order valence-corrected chi connectivity index (χ4v) is 3.77. The van der Waals surface area contributed by atoms with Crippen molar-refractivity contribution in [3.63, 3.8) is 0 Å². The van der Waals surface area contributed by atoms with Crippen LogP contribution in [-0.2, 0) is 4.79 Å². The van der Waals surface area contributed by atoms with E-state index in [1.165, 1.54) is 0 Å². The van der Waals surface area contributed by atoms with Crippen molar-refractivity contribution in [3.05, 3.63) is 48.0 Å². The lowest BCUT2D eigenvalue weighted by Crippen LogP contribution is -2.49. The number of anilines is 2. The topological polar surface area (TPSA) is 71.1 Å². The number of nitrogens with one attached hydrogen (secondary N) is 1. The van der Waals surface area contributed by atoms with Gasteiger partial charge in [-0.2, -0.15) is 0 Å². The first-order valence-corrected chi connectivity index (χ1v) is 10.0. The maximum atomic E-state index is 12.5. The lowest BCUT2D eigenvalue weighted by molar-refractivity contribution is -0.132. The minimum atomic E-state index is -0.171. The molecule has 2 aromatic carbocycles. The zero-order valence-electron chi connectivity index (χ0n) is 16.1. The molecule has 150 valence electrons. The number of carbonyl (C=O) groups is 2. The van der Waals surface area contributed by atoms with E-state index in [0.717, 1.165) is 44.7 Å². The lowest BCUT2D eigenvalue weighted by atomic mass is 10.1. The van der Waals surface area contributed by atoms with E-state index in [9.17, 15) is 9.59 Å². The minimum Gasteiger partial charge on any atom is -0.454 e. The van der Waals surface area contributed by atoms with E-state index in [2.05, 4.69) is 10.2 Å². The second kappa shape index (κ2) is 7.31. The van der Waals surface area contributed by atoms with Gasteiger partial charge in [-0.25, -0.2) is 0 Å². The molecule has 0 bridgehead atoms. The normalized spacial score (nSPS) is 17.9. The molecule has 29 heavy (non-hydrogen) atoms. The molecule has 2 heterocycles. The van der Waals surface area contributed by atoms with Gasteiger partial charge in [0.05, 0.1) is 0 Å². The second-order valence-electron chi connectivity index (χ2n) is 7.66. The molecule has 0 radical (unpaired) electrons. The van der Waals surface area contributed by atoms with E-state index in [1.807, 2.05) is 29.2 Å². The van der Waals surface area contributed by atoms with E-state index < -0.39 is 0 Å². The monoisotopic (exact) mass is 393 g/mol. The summed E-state index contributed by atoms with van der Waals surface area (Å²) < 4.78 is 10.6. The number of amides is 2. The fourth-order valence-electron chi connectivity index (χ4n) is 3.77. The number of benzene rings is 2. The number of hydrogen-bond acceptors (Lipinski definition) is 5. The highest BCUT2D eigenvalue weighted by Crippen LogP contribution is 2.34. The zero-order valence-corrected chi connectivity index (χ0v) is 16.1. The van der Waals surface area contributed by atoms with Crippen molar-refractivity contribution in [1.82, 2.24) is 4.90 Å². The van der Waals surface area contributed by atoms with Crippen molar-refractivity contribution in [2.45, 2.75) is 12.8 Å². The van der Waals surface area contributed by atoms with Crippen molar-refractivity contribution in [2.75, 3.05) is 43.2 Å². The predicted octanol–water partition coefficient (Wildman–Crippen LogP) is 2.73. The molecule has 1 saturated heterocycles. The highest BCUT2D eigenvalue weighted by molar-refractivity contribution is 6.04. The number of ether oxygens (including phenoxy) is 2. The number of carbonyl (C=O) groups excluding carboxylic acids is 2. The van der Waals surface area contributed by atoms with Crippen molar-refractivity contribution >= 4 is 23.2 Å². The van der Waals surface area contributed by atoms with Gasteiger partial charge in [-0.15, -0.1) is 0 Å². The van der Waals surface area contributed by atoms with Crippen LogP contribution in [0.2, 0.25) is 0 Å². The van der Waals surface area contributed by atoms with Gasteiger partial charge in [0, 0.05) is 55.1 Å². The van der Waals surface area contributed by atoms with Gasteiger partial charge in [0.2, 0.25) is 12.7 Å². The van der Waals surface area contributed by atoms with Gasteiger partial charge < -0.3 is 24.6 Å². The van der Waals surface area contributed by atoms with Crippen molar-refractivity contribution in [3.8, 4) is 11.5 Å². The van der Waals surface area contributed by atoms with Crippen LogP contribution in [0.5, 0.6) is 11.5 Å². The Balaban J connectivity index is 1.19. The van der Waals surface area contributed by atoms with Crippen molar-refractivity contribution in [2.24, 2.45) is 5.92 Å². The Hall–Kier alpha value is -3.22. The zero-order chi connectivity index (χ0) is 19.8. The summed E-state index contributed by atoms with van der Waals surface area (Å²) in [5, 5.41) is 2.89. The number of fused-ring (bicyclic) bond motifs is 1. The molecule has 1 aliphatic carbocycles. The van der Waals surface area contributed by atoms with Gasteiger partial charge in [0.1, 0.15) is 0 Å². The van der Waals surface area contributed by atoms with E-state index in [-0.39, 0.29) is 18.6 Å². The summed E-state index contributed by atoms with van der Waals surface area (Å²) in [6.07, 6.45) is 2.10. The van der Waals surface area contributed by atoms with E-state index in [4.69, 9.17) is 9.47 Å². The number of nitrogens with zero attached hydrogens (tertiary/aromatic N) is 2. The first-order chi connectivity index (χ1) is 14.2. The summed E-state index contributed by atoms with van der Waals surface area (Å²) in [4.78, 5) is 29.0. The molecule has 0 atom stereocenters. The maximum absolute atomic E-state index is 12.5. The molecule has 7 nitrogen and oxygen atoms in total. The minimum absolute atomic E-state index is 0.171. The highest BCUT2D eigenvalue weighted by atomic mass is 16.7. The molecule has 1 N–H and O–H groups in total. The standard InChI is InChI=1S/C22H23N3O4/c26-21(23-17-5-8-19-20(13-17)29-14-28-19)15-3-6-18(7-4-15)24-9-11-25(12-10-24)22(27)16-1-2-16/h3-8,13,16H,1-2,9-12,14H2,(H,23,26). The molecule has 2 aliphatic heterocycles. The third kappa shape index (κ3) is 3.72. The quantitative estimate of drug-likeness (QED) is 0.865. The Morgan fingerprint density at radius 2 is 1.62 bits per heavy atom. The maximum Gasteiger partial charge on any atom is 0.255 e. The van der Waals surface area contributed by atoms with Gasteiger partial charge in [0.25, 0.3) is 5.91 Å². The smallest absolute Gasteiger partial charge is 0.255 e. The first-order valence-electron chi connectivity index (χ1n) is 10.0. The lowest BCUT2D eigenvalue weighted by Gasteiger charge is -2.36. The largest absolute Gasteiger partial charge is 0.454 e. The summed E-state index contributed by atoms with van der Waals surface area (Å²) in [5.74, 6) is 1.75. The molecule has 0 unspecified atom stereocenters. The molecular formula is C22H23N3O4. The van der Waals surface area contributed by atoms with Crippen LogP contribution in [0, 0.1) is 5.92 Å². The van der Waals surface area contributed by atoms with Crippen LogP contribution in [0.15, 0.2) is 42.5 Å². The number of rotatable bonds is 4. The third-order valence-corrected chi connectivity index (χ3v) is 5.64. The molecule has 2 aromatic rings. The molecule has 0 spiro atoms. The molecule has 0 aromatic heterocycles. The Labute approximate surface area is 169 Å². The van der Waals surface area contributed by atoms with Gasteiger partial charge in [-0.05, 0) is 49.2 Å². The van der Waals surface area contributed by atoms with Crippen LogP contribution >= 0.6 is 0 Å². The van der Waals surface area contributed by atoms with Crippen LogP contribution in [0.4, 0.5) is 11.4 Å². The molecule has 3 aliphatic rings. The van der Waals surface area contributed by atoms with Crippen molar-refractivity contribution < 1.29 is 19.1 Å². The summed E-state index contributed by atoms with van der Waals surface area (Å²) in [7, 11) is 0. The Morgan fingerprint density at radius 1 is 0.897 bits per heavy atom. The van der Waals surface area contributed by atoms with Gasteiger partial charge in [-0.3, -0.25) is 9.59 Å². The average molecular weight is 393 g/mol. The van der Waals surface area contributed by atoms with Crippen LogP contribution in [0.3, 0.4) is 0 Å².